The smallest absolute Gasteiger partial charge is 0.253 e. The molecule has 2 rings (SSSR count). The predicted octanol–water partition coefficient (Wildman–Crippen LogP) is 2.88. The largest absolute Gasteiger partial charge is 0.338 e. The molecule has 0 aliphatic heterocycles. The Morgan fingerprint density at radius 3 is 2.32 bits per heavy atom. The van der Waals surface area contributed by atoms with Crippen LogP contribution in [0.1, 0.15) is 48.5 Å². The lowest BCUT2D eigenvalue weighted by Crippen LogP contribution is -2.42. The lowest BCUT2D eigenvalue weighted by atomic mass is 9.85. The van der Waals surface area contributed by atoms with Crippen molar-refractivity contribution in [2.24, 2.45) is 5.92 Å². The van der Waals surface area contributed by atoms with Gasteiger partial charge in [0.2, 0.25) is 0 Å². The van der Waals surface area contributed by atoms with Crippen molar-refractivity contribution in [2.45, 2.75) is 44.4 Å². The van der Waals surface area contributed by atoms with Crippen LogP contribution in [0.5, 0.6) is 0 Å². The van der Waals surface area contributed by atoms with Crippen LogP contribution in [0.2, 0.25) is 0 Å². The molecule has 0 spiro atoms. The van der Waals surface area contributed by atoms with Gasteiger partial charge in [-0.05, 0) is 36.5 Å². The summed E-state index contributed by atoms with van der Waals surface area (Å²) in [5.74, 6) is 0.564. The van der Waals surface area contributed by atoms with Gasteiger partial charge in [-0.3, -0.25) is 4.79 Å². The fourth-order valence-electron chi connectivity index (χ4n) is 3.27. The molecule has 1 amide bonds. The average Bonchev–Trinajstić information content (AvgIpc) is 2.45. The Hall–Kier alpha value is -1.36. The molecule has 1 aromatic carbocycles. The number of carbonyl (C=O) groups is 1. The van der Waals surface area contributed by atoms with Crippen LogP contribution in [0.3, 0.4) is 0 Å². The van der Waals surface area contributed by atoms with Crippen molar-refractivity contribution >= 4 is 15.7 Å². The highest BCUT2D eigenvalue weighted by molar-refractivity contribution is 7.89. The van der Waals surface area contributed by atoms with Crippen LogP contribution in [0.15, 0.2) is 24.3 Å². The van der Waals surface area contributed by atoms with Gasteiger partial charge < -0.3 is 4.90 Å². The summed E-state index contributed by atoms with van der Waals surface area (Å²) in [5.41, 5.74) is 1.34. The van der Waals surface area contributed by atoms with E-state index in [0.717, 1.165) is 6.42 Å². The maximum atomic E-state index is 12.6. The van der Waals surface area contributed by atoms with Gasteiger partial charge >= 0.3 is 0 Å². The molecule has 2 unspecified atom stereocenters. The van der Waals surface area contributed by atoms with E-state index in [1.807, 2.05) is 11.9 Å². The lowest BCUT2D eigenvalue weighted by molar-refractivity contribution is 0.0629. The zero-order valence-electron chi connectivity index (χ0n) is 13.6. The highest BCUT2D eigenvalue weighted by Crippen LogP contribution is 2.28. The van der Waals surface area contributed by atoms with Crippen LogP contribution >= 0.6 is 0 Å². The van der Waals surface area contributed by atoms with Crippen molar-refractivity contribution in [3.8, 4) is 0 Å². The first-order valence-corrected chi connectivity index (χ1v) is 9.88. The minimum absolute atomic E-state index is 0.0109. The Labute approximate surface area is 133 Å². The van der Waals surface area contributed by atoms with Gasteiger partial charge in [-0.2, -0.15) is 0 Å². The molecule has 22 heavy (non-hydrogen) atoms. The molecule has 0 aromatic heterocycles. The molecule has 0 N–H and O–H groups in total. The molecule has 1 saturated carbocycles. The van der Waals surface area contributed by atoms with E-state index in [4.69, 9.17) is 0 Å². The third-order valence-electron chi connectivity index (χ3n) is 4.51. The maximum Gasteiger partial charge on any atom is 0.253 e. The topological polar surface area (TPSA) is 54.5 Å². The molecule has 5 heteroatoms. The van der Waals surface area contributed by atoms with Gasteiger partial charge in [0.15, 0.2) is 9.84 Å². The molecular weight excluding hydrogens is 298 g/mol. The summed E-state index contributed by atoms with van der Waals surface area (Å²) in [6.07, 6.45) is 5.88. The number of amides is 1. The Morgan fingerprint density at radius 2 is 1.77 bits per heavy atom. The highest BCUT2D eigenvalue weighted by atomic mass is 32.2. The third-order valence-corrected chi connectivity index (χ3v) is 5.37. The summed E-state index contributed by atoms with van der Waals surface area (Å²) in [6, 6.07) is 7.22. The van der Waals surface area contributed by atoms with E-state index in [0.29, 0.717) is 23.1 Å². The first-order chi connectivity index (χ1) is 10.3. The van der Waals surface area contributed by atoms with Crippen LogP contribution in [0.25, 0.3) is 0 Å². The molecular formula is C17H25NO3S. The number of hydrogen-bond acceptors (Lipinski definition) is 3. The minimum atomic E-state index is -3.05. The first-order valence-electron chi connectivity index (χ1n) is 7.82. The molecule has 2 atom stereocenters. The first kappa shape index (κ1) is 17.0. The average molecular weight is 323 g/mol. The standard InChI is InChI=1S/C17H25NO3S/c1-13-6-4-5-7-16(13)18(2)17(19)15-10-8-14(9-11-15)12-22(3,20)21/h8-11,13,16H,4-7,12H2,1-3H3. The molecule has 1 aliphatic rings. The second-order valence-corrected chi connectivity index (χ2v) is 8.65. The number of nitrogens with zero attached hydrogens (tertiary/aromatic N) is 1. The lowest BCUT2D eigenvalue weighted by Gasteiger charge is -2.36. The van der Waals surface area contributed by atoms with Gasteiger partial charge in [-0.15, -0.1) is 0 Å². The van der Waals surface area contributed by atoms with Gasteiger partial charge in [0, 0.05) is 24.9 Å². The molecule has 0 radical (unpaired) electrons. The Kier molecular flexibility index (Phi) is 5.27. The molecule has 0 saturated heterocycles. The van der Waals surface area contributed by atoms with Crippen LogP contribution in [0.4, 0.5) is 0 Å². The summed E-state index contributed by atoms with van der Waals surface area (Å²) in [4.78, 5) is 14.5. The summed E-state index contributed by atoms with van der Waals surface area (Å²) in [7, 11) is -1.17. The number of carbonyl (C=O) groups excluding carboxylic acids is 1. The molecule has 4 nitrogen and oxygen atoms in total. The van der Waals surface area contributed by atoms with Gasteiger partial charge in [0.05, 0.1) is 5.75 Å². The third kappa shape index (κ3) is 4.32. The van der Waals surface area contributed by atoms with Gasteiger partial charge in [-0.25, -0.2) is 8.42 Å². The summed E-state index contributed by atoms with van der Waals surface area (Å²) in [6.45, 7) is 2.21. The van der Waals surface area contributed by atoms with Gasteiger partial charge in [0.25, 0.3) is 5.91 Å². The van der Waals surface area contributed by atoms with Gasteiger partial charge in [-0.1, -0.05) is 31.9 Å². The Balaban J connectivity index is 2.08. The van der Waals surface area contributed by atoms with Crippen molar-refractivity contribution < 1.29 is 13.2 Å². The van der Waals surface area contributed by atoms with Crippen molar-refractivity contribution in [1.82, 2.24) is 4.90 Å². The summed E-state index contributed by atoms with van der Waals surface area (Å²) >= 11 is 0. The van der Waals surface area contributed by atoms with E-state index >= 15 is 0 Å². The zero-order valence-corrected chi connectivity index (χ0v) is 14.4. The number of hydrogen-bond donors (Lipinski definition) is 0. The van der Waals surface area contributed by atoms with Crippen LogP contribution in [-0.2, 0) is 15.6 Å². The van der Waals surface area contributed by atoms with E-state index in [2.05, 4.69) is 6.92 Å². The number of sulfone groups is 1. The fourth-order valence-corrected chi connectivity index (χ4v) is 4.07. The predicted molar refractivity (Wildman–Crippen MR) is 88.5 cm³/mol. The second kappa shape index (κ2) is 6.82. The summed E-state index contributed by atoms with van der Waals surface area (Å²) < 4.78 is 22.6. The monoisotopic (exact) mass is 323 g/mol. The van der Waals surface area contributed by atoms with E-state index in [9.17, 15) is 13.2 Å². The van der Waals surface area contributed by atoms with Crippen LogP contribution in [-0.4, -0.2) is 38.6 Å². The number of rotatable bonds is 4. The molecule has 0 heterocycles. The Bertz CT molecular complexity index is 622. The molecule has 0 bridgehead atoms. The van der Waals surface area contributed by atoms with Crippen molar-refractivity contribution in [2.75, 3.05) is 13.3 Å². The SMILES string of the molecule is CC1CCCCC1N(C)C(=O)c1ccc(CS(C)(=O)=O)cc1. The molecule has 1 aliphatic carbocycles. The molecule has 122 valence electrons. The van der Waals surface area contributed by atoms with Crippen molar-refractivity contribution in [3.05, 3.63) is 35.4 Å². The van der Waals surface area contributed by atoms with Crippen molar-refractivity contribution in [1.29, 1.82) is 0 Å². The zero-order chi connectivity index (χ0) is 16.3. The Morgan fingerprint density at radius 1 is 1.18 bits per heavy atom. The maximum absolute atomic E-state index is 12.6. The van der Waals surface area contributed by atoms with Crippen LogP contribution < -0.4 is 0 Å². The second-order valence-electron chi connectivity index (χ2n) is 6.51. The summed E-state index contributed by atoms with van der Waals surface area (Å²) in [5, 5.41) is 0. The fraction of sp³-hybridized carbons (Fsp3) is 0.588. The van der Waals surface area contributed by atoms with E-state index < -0.39 is 9.84 Å². The van der Waals surface area contributed by atoms with E-state index in [1.165, 1.54) is 25.5 Å². The quantitative estimate of drug-likeness (QED) is 0.856. The molecule has 1 aromatic rings. The normalized spacial score (nSPS) is 22.3. The minimum Gasteiger partial charge on any atom is -0.338 e. The number of benzene rings is 1. The van der Waals surface area contributed by atoms with E-state index in [1.54, 1.807) is 24.3 Å². The highest BCUT2D eigenvalue weighted by Gasteiger charge is 2.28. The van der Waals surface area contributed by atoms with Crippen LogP contribution in [0, 0.1) is 5.92 Å². The van der Waals surface area contributed by atoms with Gasteiger partial charge in [0.1, 0.15) is 0 Å². The molecule has 1 fully saturated rings. The van der Waals surface area contributed by atoms with E-state index in [-0.39, 0.29) is 11.7 Å². The van der Waals surface area contributed by atoms with Crippen molar-refractivity contribution in [3.63, 3.8) is 0 Å².